The second-order valence-electron chi connectivity index (χ2n) is 8.97. The smallest absolute Gasteiger partial charge is 0.186 e. The first-order chi connectivity index (χ1) is 13.5. The highest BCUT2D eigenvalue weighted by Gasteiger charge is 2.51. The maximum atomic E-state index is 9.81. The number of nitrogens with one attached hydrogen (secondary N) is 2. The summed E-state index contributed by atoms with van der Waals surface area (Å²) in [6.07, 6.45) is 13.0. The Morgan fingerprint density at radius 2 is 1.82 bits per heavy atom. The van der Waals surface area contributed by atoms with E-state index in [1.165, 1.54) is 16.7 Å². The largest absolute Gasteiger partial charge is 0.508 e. The monoisotopic (exact) mass is 380 g/mol. The van der Waals surface area contributed by atoms with Gasteiger partial charge in [0.2, 0.25) is 0 Å². The summed E-state index contributed by atoms with van der Waals surface area (Å²) in [7, 11) is 1.64. The Hall–Kier alpha value is -2.07. The Balaban J connectivity index is 1.45. The number of aryl methyl sites for hydroxylation is 1. The third kappa shape index (κ3) is 3.50. The molecule has 4 nitrogen and oxygen atoms in total. The normalized spacial score (nSPS) is 29.2. The van der Waals surface area contributed by atoms with Crippen LogP contribution < -0.4 is 5.32 Å². The lowest BCUT2D eigenvalue weighted by molar-refractivity contribution is 0.0568. The zero-order valence-corrected chi connectivity index (χ0v) is 17.1. The van der Waals surface area contributed by atoms with Crippen LogP contribution >= 0.6 is 0 Å². The van der Waals surface area contributed by atoms with Crippen molar-refractivity contribution in [3.05, 3.63) is 46.5 Å². The summed E-state index contributed by atoms with van der Waals surface area (Å²) in [6, 6.07) is 5.69. The third-order valence-corrected chi connectivity index (χ3v) is 7.50. The van der Waals surface area contributed by atoms with Gasteiger partial charge in [0.15, 0.2) is 5.90 Å². The molecular formula is C24H32N2O2. The van der Waals surface area contributed by atoms with Gasteiger partial charge in [-0.1, -0.05) is 23.8 Å². The van der Waals surface area contributed by atoms with Crippen LogP contribution in [0.4, 0.5) is 0 Å². The summed E-state index contributed by atoms with van der Waals surface area (Å²) in [4.78, 5) is 0. The molecule has 3 saturated carbocycles. The maximum absolute atomic E-state index is 9.81. The van der Waals surface area contributed by atoms with E-state index in [1.807, 2.05) is 12.1 Å². The fraction of sp³-hybridized carbons (Fsp3) is 0.542. The predicted molar refractivity (Wildman–Crippen MR) is 114 cm³/mol. The van der Waals surface area contributed by atoms with E-state index in [1.54, 1.807) is 13.2 Å². The summed E-state index contributed by atoms with van der Waals surface area (Å²) in [6.45, 7) is 3.14. The average molecular weight is 381 g/mol. The van der Waals surface area contributed by atoms with Crippen molar-refractivity contribution in [3.8, 4) is 5.75 Å². The molecule has 5 rings (SSSR count). The van der Waals surface area contributed by atoms with E-state index in [9.17, 15) is 5.11 Å². The number of benzene rings is 1. The topological polar surface area (TPSA) is 65.3 Å². The molecule has 3 N–H and O–H groups in total. The van der Waals surface area contributed by atoms with Gasteiger partial charge in [-0.05, 0) is 87.1 Å². The van der Waals surface area contributed by atoms with Gasteiger partial charge in [-0.25, -0.2) is 0 Å². The molecule has 0 aromatic heterocycles. The molecule has 150 valence electrons. The molecular weight excluding hydrogens is 348 g/mol. The Labute approximate surface area is 168 Å². The lowest BCUT2D eigenvalue weighted by atomic mass is 9.57. The summed E-state index contributed by atoms with van der Waals surface area (Å²) >= 11 is 0. The standard InChI is InChI=1S/C24H32N2O2/c1-17-3-4-18-7-8-21(27)15-19(18)5-6-20(17)16-26-24-12-9-23(10-13-24,11-14-24)22(25)28-2/h5-8,15,25-27H,3-4,9-14,16H2,1-2H3. The molecule has 0 radical (unpaired) electrons. The van der Waals surface area contributed by atoms with Crippen molar-refractivity contribution in [1.29, 1.82) is 5.41 Å². The fourth-order valence-corrected chi connectivity index (χ4v) is 5.28. The van der Waals surface area contributed by atoms with Crippen molar-refractivity contribution in [3.63, 3.8) is 0 Å². The summed E-state index contributed by atoms with van der Waals surface area (Å²) in [5.41, 5.74) is 5.46. The minimum absolute atomic E-state index is 0.000778. The summed E-state index contributed by atoms with van der Waals surface area (Å²) in [5.74, 6) is 0.821. The molecule has 0 spiro atoms. The van der Waals surface area contributed by atoms with Crippen molar-refractivity contribution in [2.24, 2.45) is 5.41 Å². The molecule has 4 aliphatic carbocycles. The molecule has 0 atom stereocenters. The van der Waals surface area contributed by atoms with Gasteiger partial charge in [-0.15, -0.1) is 0 Å². The van der Waals surface area contributed by atoms with Gasteiger partial charge in [-0.2, -0.15) is 0 Å². The SMILES string of the molecule is COC(=N)C12CCC(NCC3=C(C)CCc4ccc(O)cc4C=C3)(CC1)CC2. The van der Waals surface area contributed by atoms with Gasteiger partial charge in [0, 0.05) is 17.5 Å². The second-order valence-corrected chi connectivity index (χ2v) is 8.97. The first kappa shape index (κ1) is 19.3. The molecule has 28 heavy (non-hydrogen) atoms. The number of phenols is 1. The van der Waals surface area contributed by atoms with Crippen LogP contribution in [-0.4, -0.2) is 30.2 Å². The number of hydrogen-bond acceptors (Lipinski definition) is 4. The first-order valence-corrected chi connectivity index (χ1v) is 10.5. The van der Waals surface area contributed by atoms with E-state index in [4.69, 9.17) is 10.1 Å². The zero-order chi connectivity index (χ0) is 19.8. The minimum Gasteiger partial charge on any atom is -0.508 e. The van der Waals surface area contributed by atoms with Gasteiger partial charge in [-0.3, -0.25) is 5.41 Å². The number of aromatic hydroxyl groups is 1. The summed E-state index contributed by atoms with van der Waals surface area (Å²) in [5, 5.41) is 21.9. The predicted octanol–water partition coefficient (Wildman–Crippen LogP) is 4.97. The Morgan fingerprint density at radius 3 is 2.50 bits per heavy atom. The van der Waals surface area contributed by atoms with E-state index in [2.05, 4.69) is 24.4 Å². The second kappa shape index (κ2) is 7.40. The molecule has 3 fully saturated rings. The average Bonchev–Trinajstić information content (AvgIpc) is 2.72. The van der Waals surface area contributed by atoms with Crippen molar-refractivity contribution < 1.29 is 9.84 Å². The van der Waals surface area contributed by atoms with E-state index in [-0.39, 0.29) is 11.0 Å². The Kier molecular flexibility index (Phi) is 5.09. The van der Waals surface area contributed by atoms with Crippen LogP contribution in [0.15, 0.2) is 35.4 Å². The highest BCUT2D eigenvalue weighted by Crippen LogP contribution is 2.53. The zero-order valence-electron chi connectivity index (χ0n) is 17.1. The molecule has 0 heterocycles. The van der Waals surface area contributed by atoms with Gasteiger partial charge in [0.05, 0.1) is 7.11 Å². The Bertz CT molecular complexity index is 812. The van der Waals surface area contributed by atoms with Gasteiger partial charge in [0.1, 0.15) is 5.75 Å². The van der Waals surface area contributed by atoms with Gasteiger partial charge >= 0.3 is 0 Å². The van der Waals surface area contributed by atoms with Crippen LogP contribution in [0, 0.1) is 10.8 Å². The van der Waals surface area contributed by atoms with Gasteiger partial charge < -0.3 is 15.2 Å². The van der Waals surface area contributed by atoms with E-state index in [0.29, 0.717) is 11.6 Å². The van der Waals surface area contributed by atoms with Crippen LogP contribution in [0.1, 0.15) is 63.0 Å². The third-order valence-electron chi connectivity index (χ3n) is 7.50. The number of methoxy groups -OCH3 is 1. The number of fused-ring (bicyclic) bond motifs is 4. The lowest BCUT2D eigenvalue weighted by Gasteiger charge is -2.53. The van der Waals surface area contributed by atoms with Crippen molar-refractivity contribution in [2.75, 3.05) is 13.7 Å². The first-order valence-electron chi connectivity index (χ1n) is 10.5. The van der Waals surface area contributed by atoms with Crippen molar-refractivity contribution in [1.82, 2.24) is 5.32 Å². The molecule has 4 heteroatoms. The fourth-order valence-electron chi connectivity index (χ4n) is 5.28. The highest BCUT2D eigenvalue weighted by molar-refractivity contribution is 5.80. The van der Waals surface area contributed by atoms with Gasteiger partial charge in [0.25, 0.3) is 0 Å². The maximum Gasteiger partial charge on any atom is 0.186 e. The van der Waals surface area contributed by atoms with Crippen LogP contribution in [0.25, 0.3) is 6.08 Å². The van der Waals surface area contributed by atoms with Crippen LogP contribution in [0.5, 0.6) is 5.75 Å². The molecule has 0 unspecified atom stereocenters. The van der Waals surface area contributed by atoms with Crippen LogP contribution in [0.3, 0.4) is 0 Å². The molecule has 4 aliphatic rings. The number of phenolic OH excluding ortho intramolecular Hbond substituents is 1. The molecule has 0 aliphatic heterocycles. The summed E-state index contributed by atoms with van der Waals surface area (Å²) < 4.78 is 5.30. The van der Waals surface area contributed by atoms with E-state index in [0.717, 1.165) is 63.5 Å². The van der Waals surface area contributed by atoms with E-state index < -0.39 is 0 Å². The lowest BCUT2D eigenvalue weighted by Crippen LogP contribution is -2.57. The number of hydrogen-bond donors (Lipinski definition) is 3. The quantitative estimate of drug-likeness (QED) is 0.510. The Morgan fingerprint density at radius 1 is 1.11 bits per heavy atom. The van der Waals surface area contributed by atoms with Crippen molar-refractivity contribution >= 4 is 12.0 Å². The van der Waals surface area contributed by atoms with Crippen LogP contribution in [0.2, 0.25) is 0 Å². The molecule has 1 aromatic rings. The van der Waals surface area contributed by atoms with Crippen molar-refractivity contribution in [2.45, 2.75) is 63.8 Å². The van der Waals surface area contributed by atoms with Crippen LogP contribution in [-0.2, 0) is 11.2 Å². The van der Waals surface area contributed by atoms with E-state index >= 15 is 0 Å². The molecule has 2 bridgehead atoms. The minimum atomic E-state index is -0.000778. The molecule has 1 aromatic carbocycles. The molecule has 0 amide bonds. The number of ether oxygens (including phenoxy) is 1. The number of allylic oxidation sites excluding steroid dienone is 1. The highest BCUT2D eigenvalue weighted by atomic mass is 16.5. The molecule has 0 saturated heterocycles. The number of rotatable bonds is 4.